The normalized spacial score (nSPS) is 8.50. The number of hydrogen-bond donors (Lipinski definition) is 0. The van der Waals surface area contributed by atoms with Gasteiger partial charge in [0.1, 0.15) is 6.29 Å². The van der Waals surface area contributed by atoms with Gasteiger partial charge in [0.15, 0.2) is 0 Å². The number of rotatable bonds is 4. The van der Waals surface area contributed by atoms with E-state index in [0.717, 1.165) is 0 Å². The zero-order valence-corrected chi connectivity index (χ0v) is 5.30. The minimum atomic E-state index is -1.11. The summed E-state index contributed by atoms with van der Waals surface area (Å²) in [5.74, 6) is -1.11. The molecule has 3 nitrogen and oxygen atoms in total. The van der Waals surface area contributed by atoms with Crippen LogP contribution >= 0.6 is 0 Å². The molecule has 56 valence electrons. The smallest absolute Gasteiger partial charge is 0.303 e. The van der Waals surface area contributed by atoms with Crippen LogP contribution in [0.15, 0.2) is 12.2 Å². The third-order valence-corrected chi connectivity index (χ3v) is 0.923. The second-order valence-electron chi connectivity index (χ2n) is 1.67. The Kier molecular flexibility index (Phi) is 4.11. The molecule has 0 atom stereocenters. The average molecular weight is 146 g/mol. The highest BCUT2D eigenvalue weighted by Gasteiger charge is 2.07. The fourth-order valence-electron chi connectivity index (χ4n) is 0.390. The molecule has 0 bridgehead atoms. The van der Waals surface area contributed by atoms with Crippen LogP contribution in [-0.2, 0) is 14.5 Å². The molecular formula is C6H7FO3. The van der Waals surface area contributed by atoms with Crippen molar-refractivity contribution in [2.75, 3.05) is 0 Å². The molecule has 10 heavy (non-hydrogen) atoms. The maximum absolute atomic E-state index is 11.1. The third kappa shape index (κ3) is 2.96. The number of aldehydes is 1. The van der Waals surface area contributed by atoms with E-state index < -0.39 is 5.97 Å². The fourth-order valence-corrected chi connectivity index (χ4v) is 0.390. The van der Waals surface area contributed by atoms with E-state index in [9.17, 15) is 14.1 Å². The molecule has 0 aliphatic rings. The molecule has 4 heteroatoms. The van der Waals surface area contributed by atoms with Crippen molar-refractivity contribution in [3.05, 3.63) is 12.2 Å². The van der Waals surface area contributed by atoms with Gasteiger partial charge in [-0.25, -0.2) is 9.74 Å². The van der Waals surface area contributed by atoms with Gasteiger partial charge in [0.05, 0.1) is 0 Å². The molecule has 0 aliphatic heterocycles. The Balaban J connectivity index is 3.62. The summed E-state index contributed by atoms with van der Waals surface area (Å²) in [6.45, 7) is 3.19. The Morgan fingerprint density at radius 2 is 2.30 bits per heavy atom. The second kappa shape index (κ2) is 4.67. The summed E-state index contributed by atoms with van der Waals surface area (Å²) in [5, 5.41) is 0. The molecule has 0 rings (SSSR count). The molecule has 0 aromatic carbocycles. The largest absolute Gasteiger partial charge is 0.374 e. The lowest BCUT2D eigenvalue weighted by molar-refractivity contribution is -0.178. The fraction of sp³-hybridized carbons (Fsp3) is 0.333. The first kappa shape index (κ1) is 8.81. The summed E-state index contributed by atoms with van der Waals surface area (Å²) >= 11 is 0. The number of hydrogen-bond acceptors (Lipinski definition) is 3. The topological polar surface area (TPSA) is 43.4 Å². The van der Waals surface area contributed by atoms with Gasteiger partial charge < -0.3 is 4.79 Å². The van der Waals surface area contributed by atoms with E-state index in [-0.39, 0.29) is 18.4 Å². The molecule has 0 aliphatic carbocycles. The number of carbonyl (C=O) groups is 2. The van der Waals surface area contributed by atoms with Crippen molar-refractivity contribution in [2.24, 2.45) is 0 Å². The highest BCUT2D eigenvalue weighted by Crippen LogP contribution is 2.02. The molecule has 0 aromatic heterocycles. The van der Waals surface area contributed by atoms with Crippen molar-refractivity contribution in [3.8, 4) is 0 Å². The van der Waals surface area contributed by atoms with Crippen molar-refractivity contribution in [1.82, 2.24) is 0 Å². The maximum atomic E-state index is 11.1. The molecule has 0 radical (unpaired) electrons. The zero-order valence-electron chi connectivity index (χ0n) is 5.30. The minimum Gasteiger partial charge on any atom is -0.303 e. The van der Waals surface area contributed by atoms with Crippen molar-refractivity contribution in [2.45, 2.75) is 12.8 Å². The molecule has 0 amide bonds. The van der Waals surface area contributed by atoms with Crippen LogP contribution in [0, 0.1) is 0 Å². The van der Waals surface area contributed by atoms with Crippen LogP contribution in [-0.4, -0.2) is 12.3 Å². The quantitative estimate of drug-likeness (QED) is 0.438. The van der Waals surface area contributed by atoms with E-state index >= 15 is 0 Å². The number of carbonyl (C=O) groups excluding carboxylic acids is 2. The second-order valence-corrected chi connectivity index (χ2v) is 1.67. The van der Waals surface area contributed by atoms with E-state index in [1.807, 2.05) is 0 Å². The zero-order chi connectivity index (χ0) is 7.98. The van der Waals surface area contributed by atoms with Gasteiger partial charge in [-0.2, -0.15) is 0 Å². The summed E-state index contributed by atoms with van der Waals surface area (Å²) < 4.78 is 11.1. The van der Waals surface area contributed by atoms with Gasteiger partial charge >= 0.3 is 5.97 Å². The molecule has 0 unspecified atom stereocenters. The average Bonchev–Trinajstić information content (AvgIpc) is 1.98. The van der Waals surface area contributed by atoms with E-state index in [1.165, 1.54) is 0 Å². The SMILES string of the molecule is C=C(CCC=O)C(=O)OF. The highest BCUT2D eigenvalue weighted by molar-refractivity contribution is 5.87. The van der Waals surface area contributed by atoms with Gasteiger partial charge in [-0.1, -0.05) is 6.58 Å². The lowest BCUT2D eigenvalue weighted by atomic mass is 10.2. The molecule has 0 aromatic rings. The van der Waals surface area contributed by atoms with Gasteiger partial charge in [0.25, 0.3) is 0 Å². The van der Waals surface area contributed by atoms with E-state index in [0.29, 0.717) is 6.29 Å². The van der Waals surface area contributed by atoms with Crippen molar-refractivity contribution < 1.29 is 19.1 Å². The summed E-state index contributed by atoms with van der Waals surface area (Å²) in [6.07, 6.45) is 0.927. The maximum Gasteiger partial charge on any atom is 0.374 e. The van der Waals surface area contributed by atoms with Crippen molar-refractivity contribution in [3.63, 3.8) is 0 Å². The van der Waals surface area contributed by atoms with E-state index in [2.05, 4.69) is 11.5 Å². The molecule has 0 saturated carbocycles. The molecule has 0 heterocycles. The first-order valence-corrected chi connectivity index (χ1v) is 2.66. The first-order valence-electron chi connectivity index (χ1n) is 2.66. The predicted octanol–water partition coefficient (Wildman–Crippen LogP) is 0.949. The van der Waals surface area contributed by atoms with Gasteiger partial charge in [-0.05, 0) is 6.42 Å². The monoisotopic (exact) mass is 146 g/mol. The first-order chi connectivity index (χ1) is 4.72. The lowest BCUT2D eigenvalue weighted by Gasteiger charge is -1.93. The van der Waals surface area contributed by atoms with Crippen LogP contribution in [0.1, 0.15) is 12.8 Å². The molecule has 0 fully saturated rings. The van der Waals surface area contributed by atoms with Gasteiger partial charge in [0.2, 0.25) is 0 Å². The van der Waals surface area contributed by atoms with Gasteiger partial charge in [0, 0.05) is 16.5 Å². The standard InChI is InChI=1S/C6H7FO3/c1-5(3-2-4-8)6(9)10-7/h4H,1-3H2. The molecule has 0 spiro atoms. The minimum absolute atomic E-state index is 0.0328. The lowest BCUT2D eigenvalue weighted by Crippen LogP contribution is -2.00. The summed E-state index contributed by atoms with van der Waals surface area (Å²) in [6, 6.07) is 0. The Labute approximate surface area is 57.4 Å². The van der Waals surface area contributed by atoms with E-state index in [1.54, 1.807) is 0 Å². The summed E-state index contributed by atoms with van der Waals surface area (Å²) in [5.41, 5.74) is -0.0328. The van der Waals surface area contributed by atoms with Crippen LogP contribution in [0.4, 0.5) is 4.53 Å². The Morgan fingerprint density at radius 1 is 1.70 bits per heavy atom. The number of halogens is 1. The third-order valence-electron chi connectivity index (χ3n) is 0.923. The van der Waals surface area contributed by atoms with Crippen LogP contribution in [0.3, 0.4) is 0 Å². The summed E-state index contributed by atoms with van der Waals surface area (Å²) in [4.78, 5) is 22.8. The Morgan fingerprint density at radius 3 is 2.70 bits per heavy atom. The van der Waals surface area contributed by atoms with E-state index in [4.69, 9.17) is 0 Å². The summed E-state index contributed by atoms with van der Waals surface area (Å²) in [7, 11) is 0. The van der Waals surface area contributed by atoms with Crippen LogP contribution in [0.2, 0.25) is 0 Å². The van der Waals surface area contributed by atoms with Crippen LogP contribution < -0.4 is 0 Å². The van der Waals surface area contributed by atoms with Crippen LogP contribution in [0.5, 0.6) is 0 Å². The Hall–Kier alpha value is -1.19. The van der Waals surface area contributed by atoms with Gasteiger partial charge in [-0.3, -0.25) is 0 Å². The predicted molar refractivity (Wildman–Crippen MR) is 31.6 cm³/mol. The van der Waals surface area contributed by atoms with Crippen LogP contribution in [0.25, 0.3) is 0 Å². The highest BCUT2D eigenvalue weighted by atomic mass is 19.3. The molecular weight excluding hydrogens is 139 g/mol. The molecule has 0 saturated heterocycles. The Bertz CT molecular complexity index is 153. The van der Waals surface area contributed by atoms with Crippen molar-refractivity contribution >= 4 is 12.3 Å². The van der Waals surface area contributed by atoms with Crippen molar-refractivity contribution in [1.29, 1.82) is 0 Å². The van der Waals surface area contributed by atoms with Gasteiger partial charge in [-0.15, -0.1) is 0 Å². The molecule has 0 N–H and O–H groups in total.